The highest BCUT2D eigenvalue weighted by molar-refractivity contribution is 5.80. The van der Waals surface area contributed by atoms with Crippen LogP contribution in [0.1, 0.15) is 18.5 Å². The predicted molar refractivity (Wildman–Crippen MR) is 69.1 cm³/mol. The highest BCUT2D eigenvalue weighted by Gasteiger charge is 2.35. The molecule has 1 aliphatic heterocycles. The van der Waals surface area contributed by atoms with Gasteiger partial charge in [-0.25, -0.2) is 0 Å². The first-order chi connectivity index (χ1) is 8.34. The number of piperidine rings is 1. The van der Waals surface area contributed by atoms with Crippen molar-refractivity contribution in [1.82, 2.24) is 10.3 Å². The summed E-state index contributed by atoms with van der Waals surface area (Å²) in [6, 6.07) is 10.6. The van der Waals surface area contributed by atoms with Crippen molar-refractivity contribution in [3.8, 4) is 0 Å². The zero-order valence-electron chi connectivity index (χ0n) is 10.1. The van der Waals surface area contributed by atoms with Crippen molar-refractivity contribution in [1.29, 1.82) is 0 Å². The van der Waals surface area contributed by atoms with Gasteiger partial charge >= 0.3 is 0 Å². The third kappa shape index (κ3) is 1.75. The van der Waals surface area contributed by atoms with Crippen molar-refractivity contribution >= 4 is 10.9 Å². The number of nitrogens with one attached hydrogen (secondary N) is 2. The van der Waals surface area contributed by atoms with Crippen LogP contribution in [0.4, 0.5) is 0 Å². The molecule has 0 spiro atoms. The summed E-state index contributed by atoms with van der Waals surface area (Å²) < 4.78 is 5.82. The van der Waals surface area contributed by atoms with Crippen LogP contribution in [-0.4, -0.2) is 25.2 Å². The van der Waals surface area contributed by atoms with Gasteiger partial charge in [0, 0.05) is 18.3 Å². The Morgan fingerprint density at radius 1 is 1.18 bits per heavy atom. The van der Waals surface area contributed by atoms with Gasteiger partial charge in [-0.05, 0) is 43.5 Å². The summed E-state index contributed by atoms with van der Waals surface area (Å²) in [4.78, 5) is 3.50. The quantitative estimate of drug-likeness (QED) is 0.831. The van der Waals surface area contributed by atoms with Gasteiger partial charge in [0.2, 0.25) is 0 Å². The topological polar surface area (TPSA) is 37.0 Å². The third-order valence-electron chi connectivity index (χ3n) is 3.82. The molecule has 1 aromatic heterocycles. The molecule has 90 valence electrons. The number of methoxy groups -OCH3 is 1. The average molecular weight is 230 g/mol. The van der Waals surface area contributed by atoms with E-state index in [1.54, 1.807) is 0 Å². The number of aromatic amines is 1. The number of para-hydroxylation sites is 1. The van der Waals surface area contributed by atoms with Crippen molar-refractivity contribution in [2.75, 3.05) is 20.2 Å². The molecule has 17 heavy (non-hydrogen) atoms. The van der Waals surface area contributed by atoms with Crippen molar-refractivity contribution in [3.05, 3.63) is 36.0 Å². The van der Waals surface area contributed by atoms with E-state index in [-0.39, 0.29) is 5.60 Å². The van der Waals surface area contributed by atoms with Crippen LogP contribution in [0.3, 0.4) is 0 Å². The van der Waals surface area contributed by atoms with Crippen molar-refractivity contribution < 1.29 is 4.74 Å². The molecule has 0 unspecified atom stereocenters. The molecule has 3 nitrogen and oxygen atoms in total. The molecule has 1 fully saturated rings. The maximum Gasteiger partial charge on any atom is 0.110 e. The standard InChI is InChI=1S/C14H18N2O/c1-17-14(6-8-15-9-7-14)13-10-11-4-2-3-5-12(11)16-13/h2-5,10,15-16H,6-9H2,1H3. The normalized spacial score (nSPS) is 19.6. The van der Waals surface area contributed by atoms with Crippen LogP contribution in [-0.2, 0) is 10.3 Å². The Hall–Kier alpha value is -1.32. The second kappa shape index (κ2) is 4.17. The predicted octanol–water partition coefficient (Wildman–Crippen LogP) is 2.39. The first-order valence-corrected chi connectivity index (χ1v) is 6.18. The monoisotopic (exact) mass is 230 g/mol. The molecule has 0 bridgehead atoms. The van der Waals surface area contributed by atoms with Crippen LogP contribution in [0.15, 0.2) is 30.3 Å². The Labute approximate surface area is 101 Å². The van der Waals surface area contributed by atoms with Gasteiger partial charge in [0.25, 0.3) is 0 Å². The highest BCUT2D eigenvalue weighted by Crippen LogP contribution is 2.35. The molecule has 1 aromatic carbocycles. The minimum Gasteiger partial charge on any atom is -0.372 e. The van der Waals surface area contributed by atoms with Crippen LogP contribution in [0.2, 0.25) is 0 Å². The summed E-state index contributed by atoms with van der Waals surface area (Å²) in [5.74, 6) is 0. The molecule has 2 N–H and O–H groups in total. The van der Waals surface area contributed by atoms with Crippen molar-refractivity contribution in [2.24, 2.45) is 0 Å². The van der Waals surface area contributed by atoms with Gasteiger partial charge in [0.05, 0.1) is 0 Å². The molecule has 1 aliphatic rings. The van der Waals surface area contributed by atoms with E-state index in [0.29, 0.717) is 0 Å². The van der Waals surface area contributed by atoms with Gasteiger partial charge in [0.15, 0.2) is 0 Å². The highest BCUT2D eigenvalue weighted by atomic mass is 16.5. The van der Waals surface area contributed by atoms with Gasteiger partial charge < -0.3 is 15.0 Å². The molecule has 0 atom stereocenters. The molecular weight excluding hydrogens is 212 g/mol. The van der Waals surface area contributed by atoms with Crippen molar-refractivity contribution in [3.63, 3.8) is 0 Å². The number of ether oxygens (including phenoxy) is 1. The molecule has 0 radical (unpaired) electrons. The minimum absolute atomic E-state index is 0.135. The van der Waals surface area contributed by atoms with Crippen LogP contribution < -0.4 is 5.32 Å². The molecule has 2 aromatic rings. The maximum atomic E-state index is 5.82. The largest absolute Gasteiger partial charge is 0.372 e. The number of hydrogen-bond acceptors (Lipinski definition) is 2. The number of fused-ring (bicyclic) bond motifs is 1. The lowest BCUT2D eigenvalue weighted by Crippen LogP contribution is -2.41. The maximum absolute atomic E-state index is 5.82. The number of benzene rings is 1. The lowest BCUT2D eigenvalue weighted by Gasteiger charge is -2.35. The van der Waals surface area contributed by atoms with E-state index in [1.165, 1.54) is 16.6 Å². The molecule has 3 heteroatoms. The summed E-state index contributed by atoms with van der Waals surface area (Å²) in [6.45, 7) is 2.03. The number of hydrogen-bond donors (Lipinski definition) is 2. The van der Waals surface area contributed by atoms with Crippen LogP contribution in [0.25, 0.3) is 10.9 Å². The van der Waals surface area contributed by atoms with E-state index in [9.17, 15) is 0 Å². The number of rotatable bonds is 2. The molecule has 1 saturated heterocycles. The molecule has 0 aliphatic carbocycles. The molecular formula is C14H18N2O. The van der Waals surface area contributed by atoms with E-state index < -0.39 is 0 Å². The van der Waals surface area contributed by atoms with E-state index in [0.717, 1.165) is 25.9 Å². The van der Waals surface area contributed by atoms with Gasteiger partial charge in [-0.2, -0.15) is 0 Å². The first-order valence-electron chi connectivity index (χ1n) is 6.18. The first kappa shape index (κ1) is 10.8. The van der Waals surface area contributed by atoms with Gasteiger partial charge in [-0.15, -0.1) is 0 Å². The molecule has 0 amide bonds. The van der Waals surface area contributed by atoms with Crippen molar-refractivity contribution in [2.45, 2.75) is 18.4 Å². The Morgan fingerprint density at radius 3 is 2.65 bits per heavy atom. The Kier molecular flexibility index (Phi) is 2.65. The molecule has 3 rings (SSSR count). The van der Waals surface area contributed by atoms with Gasteiger partial charge in [0.1, 0.15) is 5.60 Å². The van der Waals surface area contributed by atoms with E-state index in [4.69, 9.17) is 4.74 Å². The fourth-order valence-corrected chi connectivity index (χ4v) is 2.73. The van der Waals surface area contributed by atoms with Crippen LogP contribution in [0.5, 0.6) is 0 Å². The molecule has 0 saturated carbocycles. The van der Waals surface area contributed by atoms with Crippen LogP contribution >= 0.6 is 0 Å². The SMILES string of the molecule is COC1(c2cc3ccccc3[nH]2)CCNCC1. The van der Waals surface area contributed by atoms with Crippen LogP contribution in [0, 0.1) is 0 Å². The smallest absolute Gasteiger partial charge is 0.110 e. The summed E-state index contributed by atoms with van der Waals surface area (Å²) in [5, 5.41) is 4.64. The van der Waals surface area contributed by atoms with E-state index >= 15 is 0 Å². The lowest BCUT2D eigenvalue weighted by atomic mass is 9.89. The average Bonchev–Trinajstić information content (AvgIpc) is 2.84. The molecule has 2 heterocycles. The second-order valence-corrected chi connectivity index (χ2v) is 4.72. The number of aromatic nitrogens is 1. The van der Waals surface area contributed by atoms with E-state index in [2.05, 4.69) is 40.6 Å². The summed E-state index contributed by atoms with van der Waals surface area (Å²) in [7, 11) is 1.82. The van der Waals surface area contributed by atoms with Gasteiger partial charge in [-0.3, -0.25) is 0 Å². The Morgan fingerprint density at radius 2 is 1.94 bits per heavy atom. The Balaban J connectivity index is 2.05. The third-order valence-corrected chi connectivity index (χ3v) is 3.82. The van der Waals surface area contributed by atoms with E-state index in [1.807, 2.05) is 7.11 Å². The summed E-state index contributed by atoms with van der Waals surface area (Å²) >= 11 is 0. The zero-order valence-corrected chi connectivity index (χ0v) is 10.1. The lowest BCUT2D eigenvalue weighted by molar-refractivity contribution is -0.0419. The van der Waals surface area contributed by atoms with Gasteiger partial charge in [-0.1, -0.05) is 18.2 Å². The Bertz CT molecular complexity index is 479. The summed E-state index contributed by atoms with van der Waals surface area (Å²) in [6.07, 6.45) is 2.05. The number of H-pyrrole nitrogens is 1. The second-order valence-electron chi connectivity index (χ2n) is 4.72. The summed E-state index contributed by atoms with van der Waals surface area (Å²) in [5.41, 5.74) is 2.27. The zero-order chi connectivity index (χ0) is 11.7. The fraction of sp³-hybridized carbons (Fsp3) is 0.429. The minimum atomic E-state index is -0.135. The fourth-order valence-electron chi connectivity index (χ4n) is 2.73.